The number of carbonyl (C=O) groups is 1. The topological polar surface area (TPSA) is 43.1 Å². The fourth-order valence-electron chi connectivity index (χ4n) is 1.74. The molecule has 0 amide bonds. The second-order valence-electron chi connectivity index (χ2n) is 3.83. The summed E-state index contributed by atoms with van der Waals surface area (Å²) in [4.78, 5) is 11.7. The summed E-state index contributed by atoms with van der Waals surface area (Å²) in [5, 5.41) is 0. The molecule has 1 rings (SSSR count). The summed E-state index contributed by atoms with van der Waals surface area (Å²) < 4.78 is -1.68. The van der Waals surface area contributed by atoms with Crippen LogP contribution in [0.2, 0.25) is 0 Å². The van der Waals surface area contributed by atoms with Crippen molar-refractivity contribution in [3.05, 3.63) is 11.8 Å². The van der Waals surface area contributed by atoms with Gasteiger partial charge in [-0.3, -0.25) is 4.79 Å². The normalized spacial score (nSPS) is 20.3. The summed E-state index contributed by atoms with van der Waals surface area (Å²) in [6, 6.07) is 0. The number of nitrogens with two attached hydrogens (primary N) is 1. The highest BCUT2D eigenvalue weighted by atomic mass is 35.6. The van der Waals surface area contributed by atoms with Gasteiger partial charge < -0.3 is 5.73 Å². The van der Waals surface area contributed by atoms with E-state index in [0.29, 0.717) is 0 Å². The Morgan fingerprint density at radius 3 is 2.20 bits per heavy atom. The first kappa shape index (κ1) is 13.1. The molecule has 0 bridgehead atoms. The van der Waals surface area contributed by atoms with Gasteiger partial charge in [0.25, 0.3) is 0 Å². The van der Waals surface area contributed by atoms with Crippen LogP contribution in [0.5, 0.6) is 0 Å². The van der Waals surface area contributed by atoms with E-state index in [-0.39, 0.29) is 17.4 Å². The van der Waals surface area contributed by atoms with Gasteiger partial charge >= 0.3 is 0 Å². The van der Waals surface area contributed by atoms with E-state index in [2.05, 4.69) is 0 Å². The van der Waals surface area contributed by atoms with Crippen molar-refractivity contribution >= 4 is 40.6 Å². The standard InChI is InChI=1S/C10H14Cl3NO/c11-10(12,13)9(14)6-8(15)7-4-2-1-3-5-7/h6-7H,1-5,14H2/b9-6+. The monoisotopic (exact) mass is 269 g/mol. The molecule has 86 valence electrons. The first-order valence-electron chi connectivity index (χ1n) is 4.99. The second kappa shape index (κ2) is 5.42. The molecule has 0 radical (unpaired) electrons. The van der Waals surface area contributed by atoms with Gasteiger partial charge in [-0.1, -0.05) is 54.1 Å². The van der Waals surface area contributed by atoms with Crippen molar-refractivity contribution in [3.63, 3.8) is 0 Å². The van der Waals surface area contributed by atoms with Crippen molar-refractivity contribution < 1.29 is 4.79 Å². The smallest absolute Gasteiger partial charge is 0.230 e. The maximum Gasteiger partial charge on any atom is 0.230 e. The molecule has 0 saturated heterocycles. The van der Waals surface area contributed by atoms with Crippen LogP contribution in [0.1, 0.15) is 32.1 Å². The maximum absolute atomic E-state index is 11.7. The van der Waals surface area contributed by atoms with Gasteiger partial charge in [-0.2, -0.15) is 0 Å². The molecular formula is C10H14Cl3NO. The van der Waals surface area contributed by atoms with Gasteiger partial charge in [-0.15, -0.1) is 0 Å². The quantitative estimate of drug-likeness (QED) is 0.618. The molecule has 1 aliphatic carbocycles. The molecule has 2 nitrogen and oxygen atoms in total. The number of alkyl halides is 3. The molecule has 0 atom stereocenters. The first-order valence-corrected chi connectivity index (χ1v) is 6.13. The highest BCUT2D eigenvalue weighted by Crippen LogP contribution is 2.32. The van der Waals surface area contributed by atoms with Crippen LogP contribution in [0, 0.1) is 5.92 Å². The van der Waals surface area contributed by atoms with Crippen LogP contribution in [0.15, 0.2) is 11.8 Å². The van der Waals surface area contributed by atoms with Gasteiger partial charge in [0.1, 0.15) is 0 Å². The van der Waals surface area contributed by atoms with Crippen molar-refractivity contribution in [1.82, 2.24) is 0 Å². The molecule has 1 saturated carbocycles. The third-order valence-electron chi connectivity index (χ3n) is 2.63. The zero-order valence-electron chi connectivity index (χ0n) is 8.31. The molecular weight excluding hydrogens is 256 g/mol. The van der Waals surface area contributed by atoms with Crippen LogP contribution in [-0.4, -0.2) is 9.58 Å². The molecule has 0 aromatic rings. The number of halogens is 3. The molecule has 0 unspecified atom stereocenters. The third-order valence-corrected chi connectivity index (χ3v) is 3.29. The van der Waals surface area contributed by atoms with E-state index >= 15 is 0 Å². The molecule has 2 N–H and O–H groups in total. The van der Waals surface area contributed by atoms with Crippen LogP contribution in [0.25, 0.3) is 0 Å². The summed E-state index contributed by atoms with van der Waals surface area (Å²) in [6.07, 6.45) is 6.50. The van der Waals surface area contributed by atoms with Crippen LogP contribution in [0.3, 0.4) is 0 Å². The van der Waals surface area contributed by atoms with Crippen molar-refractivity contribution in [2.45, 2.75) is 35.9 Å². The molecule has 0 aromatic carbocycles. The zero-order chi connectivity index (χ0) is 11.5. The van der Waals surface area contributed by atoms with Gasteiger partial charge in [-0.05, 0) is 12.8 Å². The minimum Gasteiger partial charge on any atom is -0.398 e. The zero-order valence-corrected chi connectivity index (χ0v) is 10.6. The van der Waals surface area contributed by atoms with E-state index < -0.39 is 3.79 Å². The molecule has 1 aliphatic rings. The van der Waals surface area contributed by atoms with Crippen molar-refractivity contribution in [2.75, 3.05) is 0 Å². The molecule has 15 heavy (non-hydrogen) atoms. The Morgan fingerprint density at radius 1 is 1.20 bits per heavy atom. The van der Waals surface area contributed by atoms with E-state index in [0.717, 1.165) is 25.7 Å². The Bertz CT molecular complexity index is 264. The van der Waals surface area contributed by atoms with Crippen molar-refractivity contribution in [2.24, 2.45) is 11.7 Å². The Balaban J connectivity index is 2.60. The van der Waals surface area contributed by atoms with Crippen molar-refractivity contribution in [1.29, 1.82) is 0 Å². The Labute approximate surface area is 105 Å². The van der Waals surface area contributed by atoms with Crippen molar-refractivity contribution in [3.8, 4) is 0 Å². The van der Waals surface area contributed by atoms with Gasteiger partial charge in [0.05, 0.1) is 5.70 Å². The predicted octanol–water partition coefficient (Wildman–Crippen LogP) is 3.35. The summed E-state index contributed by atoms with van der Waals surface area (Å²) in [6.45, 7) is 0. The Kier molecular flexibility index (Phi) is 4.75. The van der Waals surface area contributed by atoms with Crippen LogP contribution >= 0.6 is 34.8 Å². The Morgan fingerprint density at radius 2 is 1.73 bits per heavy atom. The molecule has 0 heterocycles. The van der Waals surface area contributed by atoms with E-state index in [4.69, 9.17) is 40.5 Å². The van der Waals surface area contributed by atoms with Crippen LogP contribution < -0.4 is 5.73 Å². The lowest BCUT2D eigenvalue weighted by atomic mass is 9.86. The number of carbonyl (C=O) groups excluding carboxylic acids is 1. The number of hydrogen-bond donors (Lipinski definition) is 1. The Hall–Kier alpha value is 0.0800. The molecule has 0 aromatic heterocycles. The summed E-state index contributed by atoms with van der Waals surface area (Å²) >= 11 is 16.7. The maximum atomic E-state index is 11.7. The highest BCUT2D eigenvalue weighted by molar-refractivity contribution is 6.69. The fraction of sp³-hybridized carbons (Fsp3) is 0.700. The average Bonchev–Trinajstić information content (AvgIpc) is 2.17. The summed E-state index contributed by atoms with van der Waals surface area (Å²) in [7, 11) is 0. The fourth-order valence-corrected chi connectivity index (χ4v) is 1.90. The summed E-state index contributed by atoms with van der Waals surface area (Å²) in [5.74, 6) is 0.0446. The van der Waals surface area contributed by atoms with E-state index in [1.807, 2.05) is 0 Å². The van der Waals surface area contributed by atoms with E-state index in [1.54, 1.807) is 0 Å². The molecule has 0 aliphatic heterocycles. The largest absolute Gasteiger partial charge is 0.398 e. The van der Waals surface area contributed by atoms with Crippen LogP contribution in [-0.2, 0) is 4.79 Å². The SMILES string of the molecule is N/C(=C/C(=O)C1CCCCC1)C(Cl)(Cl)Cl. The number of ketones is 1. The molecule has 0 spiro atoms. The highest BCUT2D eigenvalue weighted by Gasteiger charge is 2.26. The summed E-state index contributed by atoms with van der Waals surface area (Å²) in [5.41, 5.74) is 5.51. The first-order chi connectivity index (χ1) is 6.91. The minimum atomic E-state index is -1.68. The predicted molar refractivity (Wildman–Crippen MR) is 64.1 cm³/mol. The van der Waals surface area contributed by atoms with E-state index in [9.17, 15) is 4.79 Å². The number of allylic oxidation sites excluding steroid dienone is 2. The van der Waals surface area contributed by atoms with Gasteiger partial charge in [0.2, 0.25) is 3.79 Å². The van der Waals surface area contributed by atoms with Gasteiger partial charge in [0.15, 0.2) is 5.78 Å². The minimum absolute atomic E-state index is 0.00285. The van der Waals surface area contributed by atoms with E-state index in [1.165, 1.54) is 12.5 Å². The van der Waals surface area contributed by atoms with Crippen LogP contribution in [0.4, 0.5) is 0 Å². The third kappa shape index (κ3) is 4.21. The second-order valence-corrected chi connectivity index (χ2v) is 6.12. The number of rotatable bonds is 2. The number of hydrogen-bond acceptors (Lipinski definition) is 2. The van der Waals surface area contributed by atoms with Gasteiger partial charge in [0, 0.05) is 12.0 Å². The molecule has 5 heteroatoms. The molecule has 1 fully saturated rings. The lowest BCUT2D eigenvalue weighted by molar-refractivity contribution is -0.119. The van der Waals surface area contributed by atoms with Gasteiger partial charge in [-0.25, -0.2) is 0 Å². The lowest BCUT2D eigenvalue weighted by Crippen LogP contribution is -2.21. The lowest BCUT2D eigenvalue weighted by Gasteiger charge is -2.19. The average molecular weight is 271 g/mol.